The number of hydrogen-bond donors (Lipinski definition) is 1. The molecule has 0 aliphatic carbocycles. The van der Waals surface area contributed by atoms with Crippen LogP contribution in [0.2, 0.25) is 0 Å². The van der Waals surface area contributed by atoms with Gasteiger partial charge in [0, 0.05) is 30.2 Å². The van der Waals surface area contributed by atoms with Crippen LogP contribution in [-0.2, 0) is 0 Å². The predicted octanol–water partition coefficient (Wildman–Crippen LogP) is 5.04. The minimum atomic E-state index is -0.773. The van der Waals surface area contributed by atoms with Gasteiger partial charge in [-0.3, -0.25) is 14.6 Å². The Balaban J connectivity index is 1.37. The van der Waals surface area contributed by atoms with Crippen molar-refractivity contribution in [2.45, 2.75) is 0 Å². The maximum absolute atomic E-state index is 14.8. The van der Waals surface area contributed by atoms with Crippen LogP contribution in [0.5, 0.6) is 11.5 Å². The molecule has 1 amide bonds. The Labute approximate surface area is 205 Å². The number of hydrogen-bond acceptors (Lipinski definition) is 7. The third kappa shape index (κ3) is 4.40. The molecule has 0 aliphatic rings. The maximum Gasteiger partial charge on any atom is 0.284 e. The van der Waals surface area contributed by atoms with Gasteiger partial charge in [-0.15, -0.1) is 11.3 Å². The number of nitrogens with zero attached hydrogens (tertiary/aromatic N) is 4. The number of nitrogens with one attached hydrogen (secondary N) is 1. The molecule has 36 heavy (non-hydrogen) atoms. The molecule has 176 valence electrons. The van der Waals surface area contributed by atoms with Gasteiger partial charge in [0.15, 0.2) is 11.6 Å². The van der Waals surface area contributed by atoms with E-state index in [4.69, 9.17) is 10.00 Å². The summed E-state index contributed by atoms with van der Waals surface area (Å²) in [7, 11) is 0. The van der Waals surface area contributed by atoms with Crippen molar-refractivity contribution in [3.63, 3.8) is 0 Å². The highest BCUT2D eigenvalue weighted by Crippen LogP contribution is 2.35. The molecule has 5 rings (SSSR count). The van der Waals surface area contributed by atoms with E-state index in [-0.39, 0.29) is 22.7 Å². The highest BCUT2D eigenvalue weighted by atomic mass is 32.1. The van der Waals surface area contributed by atoms with Crippen molar-refractivity contribution >= 4 is 33.1 Å². The summed E-state index contributed by atoms with van der Waals surface area (Å²) in [4.78, 5) is 30.1. The molecular formula is C25H13F2N5O3S. The number of rotatable bonds is 5. The molecule has 0 fully saturated rings. The van der Waals surface area contributed by atoms with Crippen molar-refractivity contribution < 1.29 is 18.3 Å². The fraction of sp³-hybridized carbons (Fsp3) is 0. The Kier molecular flexibility index (Phi) is 5.93. The van der Waals surface area contributed by atoms with Gasteiger partial charge in [0.2, 0.25) is 0 Å². The summed E-state index contributed by atoms with van der Waals surface area (Å²) in [5.41, 5.74) is -0.0303. The molecule has 0 spiro atoms. The van der Waals surface area contributed by atoms with Crippen molar-refractivity contribution in [3.05, 3.63) is 105 Å². The van der Waals surface area contributed by atoms with E-state index in [2.05, 4.69) is 15.4 Å². The second-order valence-corrected chi connectivity index (χ2v) is 8.44. The summed E-state index contributed by atoms with van der Waals surface area (Å²) in [5, 5.41) is 15.5. The summed E-state index contributed by atoms with van der Waals surface area (Å²) >= 11 is 1.18. The minimum absolute atomic E-state index is 0.0946. The largest absolute Gasteiger partial charge is 0.453 e. The highest BCUT2D eigenvalue weighted by Gasteiger charge is 2.16. The van der Waals surface area contributed by atoms with Gasteiger partial charge in [-0.25, -0.2) is 8.78 Å². The molecule has 0 aliphatic heterocycles. The van der Waals surface area contributed by atoms with E-state index in [9.17, 15) is 18.4 Å². The number of carbonyl (C=O) groups is 1. The van der Waals surface area contributed by atoms with Gasteiger partial charge >= 0.3 is 0 Å². The van der Waals surface area contributed by atoms with Crippen LogP contribution in [0.1, 0.15) is 15.2 Å². The van der Waals surface area contributed by atoms with Crippen molar-refractivity contribution in [1.82, 2.24) is 14.8 Å². The van der Waals surface area contributed by atoms with Crippen LogP contribution < -0.4 is 15.6 Å². The molecule has 3 heterocycles. The van der Waals surface area contributed by atoms with E-state index in [1.807, 2.05) is 6.07 Å². The first-order chi connectivity index (χ1) is 17.4. The number of amides is 1. The Hall–Kier alpha value is -4.95. The summed E-state index contributed by atoms with van der Waals surface area (Å²) < 4.78 is 35.3. The second kappa shape index (κ2) is 9.36. The molecule has 0 radical (unpaired) electrons. The lowest BCUT2D eigenvalue weighted by Crippen LogP contribution is -2.29. The quantitative estimate of drug-likeness (QED) is 0.362. The van der Waals surface area contributed by atoms with Crippen molar-refractivity contribution in [2.24, 2.45) is 0 Å². The Morgan fingerprint density at radius 1 is 1.03 bits per heavy atom. The van der Waals surface area contributed by atoms with Gasteiger partial charge in [0.05, 0.1) is 15.9 Å². The van der Waals surface area contributed by atoms with Crippen LogP contribution in [0.4, 0.5) is 14.5 Å². The molecular weight excluding hydrogens is 488 g/mol. The summed E-state index contributed by atoms with van der Waals surface area (Å²) in [5.74, 6) is -1.78. The molecule has 2 aromatic carbocycles. The van der Waals surface area contributed by atoms with E-state index in [0.29, 0.717) is 20.8 Å². The van der Waals surface area contributed by atoms with Gasteiger partial charge < -0.3 is 10.1 Å². The second-order valence-electron chi connectivity index (χ2n) is 7.39. The lowest BCUT2D eigenvalue weighted by atomic mass is 10.2. The Morgan fingerprint density at radius 3 is 2.58 bits per heavy atom. The van der Waals surface area contributed by atoms with Gasteiger partial charge in [0.25, 0.3) is 11.5 Å². The third-order valence-electron chi connectivity index (χ3n) is 5.06. The van der Waals surface area contributed by atoms with Crippen molar-refractivity contribution in [2.75, 3.05) is 5.32 Å². The number of halogens is 2. The van der Waals surface area contributed by atoms with Crippen molar-refractivity contribution in [3.8, 4) is 23.3 Å². The molecule has 0 atom stereocenters. The van der Waals surface area contributed by atoms with E-state index in [0.717, 1.165) is 10.7 Å². The summed E-state index contributed by atoms with van der Waals surface area (Å²) in [6, 6.07) is 15.3. The number of thiophene rings is 1. The zero-order valence-corrected chi connectivity index (χ0v) is 18.9. The SMILES string of the molecule is N#Cc1cc2nccc(Oc3ccc(NC(=O)c4ccnn(-c5ccc(F)cc5)c4=O)cc3F)c2s1. The Morgan fingerprint density at radius 2 is 1.83 bits per heavy atom. The number of benzene rings is 2. The third-order valence-corrected chi connectivity index (χ3v) is 6.10. The van der Waals surface area contributed by atoms with E-state index >= 15 is 0 Å². The molecule has 3 aromatic heterocycles. The first-order valence-electron chi connectivity index (χ1n) is 10.3. The van der Waals surface area contributed by atoms with Crippen LogP contribution in [0.3, 0.4) is 0 Å². The first kappa shape index (κ1) is 22.8. The van der Waals surface area contributed by atoms with Gasteiger partial charge in [-0.1, -0.05) is 0 Å². The van der Waals surface area contributed by atoms with Crippen LogP contribution in [0, 0.1) is 23.0 Å². The average Bonchev–Trinajstić information content (AvgIpc) is 3.31. The standard InChI is InChI=1S/C25H13F2N5O3S/c26-14-1-4-16(5-2-14)32-25(34)18(7-10-30-32)24(33)31-15-3-6-21(19(27)11-15)35-22-8-9-29-20-12-17(13-28)36-23(20)22/h1-12H,(H,31,33). The summed E-state index contributed by atoms with van der Waals surface area (Å²) in [6.07, 6.45) is 2.75. The first-order valence-corrected chi connectivity index (χ1v) is 11.2. The van der Waals surface area contributed by atoms with Gasteiger partial charge in [-0.05, 0) is 48.5 Å². The predicted molar refractivity (Wildman–Crippen MR) is 129 cm³/mol. The molecule has 1 N–H and O–H groups in total. The molecule has 0 saturated heterocycles. The lowest BCUT2D eigenvalue weighted by Gasteiger charge is -2.10. The number of fused-ring (bicyclic) bond motifs is 1. The van der Waals surface area contributed by atoms with Crippen LogP contribution in [0.15, 0.2) is 77.9 Å². The van der Waals surface area contributed by atoms with Gasteiger partial charge in [0.1, 0.15) is 28.1 Å². The number of ether oxygens (including phenoxy) is 1. The lowest BCUT2D eigenvalue weighted by molar-refractivity contribution is 0.102. The zero-order valence-electron chi connectivity index (χ0n) is 18.1. The number of nitriles is 1. The molecule has 0 unspecified atom stereocenters. The van der Waals surface area contributed by atoms with E-state index in [1.165, 1.54) is 66.2 Å². The summed E-state index contributed by atoms with van der Waals surface area (Å²) in [6.45, 7) is 0. The van der Waals surface area contributed by atoms with Crippen LogP contribution in [-0.4, -0.2) is 20.7 Å². The maximum atomic E-state index is 14.8. The molecule has 11 heteroatoms. The normalized spacial score (nSPS) is 10.7. The topological polar surface area (TPSA) is 110 Å². The molecule has 5 aromatic rings. The average molecular weight is 501 g/mol. The van der Waals surface area contributed by atoms with Gasteiger partial charge in [-0.2, -0.15) is 15.0 Å². The highest BCUT2D eigenvalue weighted by molar-refractivity contribution is 7.19. The number of aromatic nitrogens is 3. The Bertz CT molecular complexity index is 1730. The monoisotopic (exact) mass is 501 g/mol. The number of anilines is 1. The number of pyridine rings is 1. The molecule has 8 nitrogen and oxygen atoms in total. The van der Waals surface area contributed by atoms with E-state index in [1.54, 1.807) is 12.1 Å². The van der Waals surface area contributed by atoms with Crippen LogP contribution >= 0.6 is 11.3 Å². The van der Waals surface area contributed by atoms with E-state index < -0.39 is 23.1 Å². The molecule has 0 bridgehead atoms. The smallest absolute Gasteiger partial charge is 0.284 e. The minimum Gasteiger partial charge on any atom is -0.453 e. The molecule has 0 saturated carbocycles. The fourth-order valence-electron chi connectivity index (χ4n) is 3.38. The number of carbonyl (C=O) groups excluding carboxylic acids is 1. The fourth-order valence-corrected chi connectivity index (χ4v) is 4.24. The van der Waals surface area contributed by atoms with Crippen LogP contribution in [0.25, 0.3) is 15.9 Å². The zero-order chi connectivity index (χ0) is 25.2. The van der Waals surface area contributed by atoms with Crippen molar-refractivity contribution in [1.29, 1.82) is 5.26 Å².